The van der Waals surface area contributed by atoms with Crippen molar-refractivity contribution in [1.29, 1.82) is 0 Å². The first-order valence-electron chi connectivity index (χ1n) is 20.5. The summed E-state index contributed by atoms with van der Waals surface area (Å²) in [6.07, 6.45) is 41.5. The second-order valence-corrected chi connectivity index (χ2v) is 21.8. The van der Waals surface area contributed by atoms with E-state index in [0.29, 0.717) is 0 Å². The maximum atomic E-state index is 8.28. The van der Waals surface area contributed by atoms with Gasteiger partial charge >= 0.3 is 242 Å². The van der Waals surface area contributed by atoms with Gasteiger partial charge in [-0.1, -0.05) is 52.4 Å². The number of hydrogen-bond acceptors (Lipinski definition) is 0. The Morgan fingerprint density at radius 1 is 0.326 bits per heavy atom. The van der Waals surface area contributed by atoms with Gasteiger partial charge in [0.15, 0.2) is 0 Å². The average Bonchev–Trinajstić information content (AvgIpc) is 3.09. The van der Waals surface area contributed by atoms with Crippen LogP contribution in [-0.2, 0) is 0 Å². The van der Waals surface area contributed by atoms with E-state index in [2.05, 4.69) is 74.5 Å². The molecule has 0 saturated carbocycles. The van der Waals surface area contributed by atoms with Crippen LogP contribution < -0.4 is 10.6 Å². The predicted molar refractivity (Wildman–Crippen MR) is 215 cm³/mol. The van der Waals surface area contributed by atoms with E-state index >= 15 is 0 Å². The molecule has 0 saturated heterocycles. The first-order chi connectivity index (χ1) is 22.6. The Morgan fingerprint density at radius 3 is 0.783 bits per heavy atom. The van der Waals surface area contributed by atoms with E-state index in [1.165, 1.54) is 190 Å². The summed E-state index contributed by atoms with van der Waals surface area (Å²) in [5.74, 6) is -2.79. The third-order valence-corrected chi connectivity index (χ3v) is 18.3. The number of unbranched alkanes of at least 4 members (excludes halogenated alkanes) is 26. The van der Waals surface area contributed by atoms with Crippen LogP contribution in [0.25, 0.3) is 0 Å². The molecule has 0 unspecified atom stereocenters. The standard InChI is InChI=1S/C44H76ClP/c1-3-5-7-9-11-13-15-17-19-21-23-25-27-35-41-46(45,43-37-31-29-32-38-43,44-39-33-30-34-40-44)42-36-28-26-24-22-20-18-16-14-12-10-8-6-4-2/h29-34,37-40H,3-28,35-36,41-42H2,1-2H3. The van der Waals surface area contributed by atoms with Crippen LogP contribution >= 0.6 is 17.2 Å². The van der Waals surface area contributed by atoms with E-state index in [4.69, 9.17) is 11.2 Å². The molecular formula is C44H76ClP. The van der Waals surface area contributed by atoms with Gasteiger partial charge in [-0.15, -0.1) is 0 Å². The van der Waals surface area contributed by atoms with Gasteiger partial charge in [0.05, 0.1) is 0 Å². The van der Waals surface area contributed by atoms with Crippen LogP contribution in [0, 0.1) is 0 Å². The number of hydrogen-bond donors (Lipinski definition) is 0. The van der Waals surface area contributed by atoms with Crippen molar-refractivity contribution in [1.82, 2.24) is 0 Å². The molecule has 0 amide bonds. The molecule has 0 aliphatic carbocycles. The minimum absolute atomic E-state index is 1.15. The zero-order valence-corrected chi connectivity index (χ0v) is 32.5. The van der Waals surface area contributed by atoms with E-state index < -0.39 is 5.96 Å². The third kappa shape index (κ3) is 17.0. The summed E-state index contributed by atoms with van der Waals surface area (Å²) in [5.41, 5.74) is 0. The van der Waals surface area contributed by atoms with Gasteiger partial charge in [-0.05, 0) is 0 Å². The fourth-order valence-electron chi connectivity index (χ4n) is 7.59. The monoisotopic (exact) mass is 671 g/mol. The molecule has 0 radical (unpaired) electrons. The molecule has 0 aliphatic heterocycles. The molecule has 0 heterocycles. The van der Waals surface area contributed by atoms with Gasteiger partial charge in [-0.25, -0.2) is 0 Å². The van der Waals surface area contributed by atoms with E-state index in [1.807, 2.05) is 0 Å². The Balaban J connectivity index is 1.77. The van der Waals surface area contributed by atoms with Gasteiger partial charge in [0.25, 0.3) is 0 Å². The molecule has 0 bridgehead atoms. The van der Waals surface area contributed by atoms with E-state index in [-0.39, 0.29) is 0 Å². The Morgan fingerprint density at radius 2 is 0.543 bits per heavy atom. The quantitative estimate of drug-likeness (QED) is 0.0537. The summed E-state index contributed by atoms with van der Waals surface area (Å²) < 4.78 is 0. The molecule has 0 nitrogen and oxygen atoms in total. The van der Waals surface area contributed by atoms with Crippen molar-refractivity contribution in [2.45, 2.75) is 194 Å². The number of halogens is 1. The summed E-state index contributed by atoms with van der Waals surface area (Å²) in [6.45, 7) is 4.61. The third-order valence-electron chi connectivity index (χ3n) is 10.7. The van der Waals surface area contributed by atoms with Gasteiger partial charge in [-0.2, -0.15) is 0 Å². The molecule has 2 heteroatoms. The minimum atomic E-state index is -2.79. The van der Waals surface area contributed by atoms with Gasteiger partial charge in [0, 0.05) is 0 Å². The zero-order chi connectivity index (χ0) is 32.9. The van der Waals surface area contributed by atoms with E-state index in [9.17, 15) is 0 Å². The van der Waals surface area contributed by atoms with Gasteiger partial charge in [0.2, 0.25) is 0 Å². The predicted octanol–water partition coefficient (Wildman–Crippen LogP) is 15.3. The van der Waals surface area contributed by atoms with Crippen LogP contribution in [0.15, 0.2) is 60.7 Å². The molecule has 0 aromatic heterocycles. The summed E-state index contributed by atoms with van der Waals surface area (Å²) in [6, 6.07) is 22.6. The van der Waals surface area contributed by atoms with Crippen LogP contribution in [0.4, 0.5) is 0 Å². The molecule has 0 spiro atoms. The summed E-state index contributed by atoms with van der Waals surface area (Å²) in [4.78, 5) is 0. The zero-order valence-electron chi connectivity index (χ0n) is 30.8. The van der Waals surface area contributed by atoms with Crippen LogP contribution in [0.1, 0.15) is 194 Å². The number of benzene rings is 2. The number of rotatable bonds is 32. The van der Waals surface area contributed by atoms with Crippen molar-refractivity contribution in [2.24, 2.45) is 0 Å². The van der Waals surface area contributed by atoms with E-state index in [0.717, 1.165) is 12.3 Å². The summed E-state index contributed by atoms with van der Waals surface area (Å²) in [5, 5.41) is 2.84. The van der Waals surface area contributed by atoms with Crippen LogP contribution in [0.2, 0.25) is 0 Å². The van der Waals surface area contributed by atoms with Gasteiger partial charge in [-0.3, -0.25) is 0 Å². The van der Waals surface area contributed by atoms with Crippen molar-refractivity contribution < 1.29 is 0 Å². The molecule has 264 valence electrons. The van der Waals surface area contributed by atoms with Crippen molar-refractivity contribution in [3.8, 4) is 0 Å². The SMILES string of the molecule is CCCCCCCCCCCCCCCCP(Cl)(CCCCCCCCCCCCCCCC)(c1ccccc1)c1ccccc1. The molecule has 0 atom stereocenters. The molecule has 0 N–H and O–H groups in total. The van der Waals surface area contributed by atoms with Crippen molar-refractivity contribution >= 4 is 27.8 Å². The molecule has 2 aromatic rings. The van der Waals surface area contributed by atoms with Crippen molar-refractivity contribution in [3.63, 3.8) is 0 Å². The fraction of sp³-hybridized carbons (Fsp3) is 0.727. The van der Waals surface area contributed by atoms with Crippen LogP contribution in [-0.4, -0.2) is 12.3 Å². The summed E-state index contributed by atoms with van der Waals surface area (Å²) in [7, 11) is 0. The second kappa shape index (κ2) is 27.0. The Kier molecular flexibility index (Phi) is 24.3. The van der Waals surface area contributed by atoms with Crippen molar-refractivity contribution in [3.05, 3.63) is 60.7 Å². The van der Waals surface area contributed by atoms with Crippen LogP contribution in [0.5, 0.6) is 0 Å². The molecule has 2 rings (SSSR count). The van der Waals surface area contributed by atoms with Gasteiger partial charge < -0.3 is 0 Å². The first kappa shape index (κ1) is 41.3. The second-order valence-electron chi connectivity index (χ2n) is 14.7. The molecule has 0 aliphatic rings. The normalized spacial score (nSPS) is 12.7. The Hall–Kier alpha value is -0.840. The Labute approximate surface area is 293 Å². The molecule has 0 fully saturated rings. The van der Waals surface area contributed by atoms with Gasteiger partial charge in [0.1, 0.15) is 0 Å². The van der Waals surface area contributed by atoms with Crippen LogP contribution in [0.3, 0.4) is 0 Å². The molecular weight excluding hydrogens is 595 g/mol. The summed E-state index contributed by atoms with van der Waals surface area (Å²) >= 11 is 8.28. The Bertz CT molecular complexity index is 850. The maximum absolute atomic E-state index is 8.28. The van der Waals surface area contributed by atoms with E-state index in [1.54, 1.807) is 0 Å². The molecule has 46 heavy (non-hydrogen) atoms. The first-order valence-corrected chi connectivity index (χ1v) is 24.0. The fourth-order valence-corrected chi connectivity index (χ4v) is 14.0. The molecule has 2 aromatic carbocycles. The topological polar surface area (TPSA) is 0 Å². The average molecular weight is 672 g/mol. The van der Waals surface area contributed by atoms with Crippen molar-refractivity contribution in [2.75, 3.05) is 12.3 Å².